The Morgan fingerprint density at radius 1 is 1.00 bits per heavy atom. The molecule has 0 heterocycles. The minimum absolute atomic E-state index is 0.0671. The van der Waals surface area contributed by atoms with Crippen LogP contribution in [0.15, 0.2) is 24.3 Å². The number of phosphoric acid groups is 2. The number of rotatable bonds is 3. The second kappa shape index (κ2) is 6.78. The Labute approximate surface area is 106 Å². The molecule has 0 aliphatic heterocycles. The number of benzene rings is 1. The summed E-state index contributed by atoms with van der Waals surface area (Å²) in [6.07, 6.45) is 0. The molecule has 0 aliphatic carbocycles. The fourth-order valence-corrected chi connectivity index (χ4v) is 1.90. The summed E-state index contributed by atoms with van der Waals surface area (Å²) in [5, 5.41) is 17.3. The quantitative estimate of drug-likeness (QED) is 0.423. The molecule has 0 fully saturated rings. The zero-order valence-corrected chi connectivity index (χ0v) is 10.8. The fraction of sp³-hybridized carbons (Fsp3) is 0. The van der Waals surface area contributed by atoms with Crippen molar-refractivity contribution < 1.29 is 48.0 Å². The first-order valence-electron chi connectivity index (χ1n) is 4.26. The van der Waals surface area contributed by atoms with Gasteiger partial charge in [0.05, 0.1) is 0 Å². The lowest BCUT2D eigenvalue weighted by Gasteiger charge is -2.03. The third-order valence-electron chi connectivity index (χ3n) is 1.35. The fourth-order valence-electron chi connectivity index (χ4n) is 0.793. The average molecular weight is 316 g/mol. The molecule has 0 amide bonds. The van der Waals surface area contributed by atoms with E-state index in [1.165, 1.54) is 12.1 Å². The monoisotopic (exact) mass is 316 g/mol. The van der Waals surface area contributed by atoms with Crippen molar-refractivity contribution in [3.8, 4) is 5.75 Å². The van der Waals surface area contributed by atoms with Crippen molar-refractivity contribution in [2.75, 3.05) is 0 Å². The Bertz CT molecular complexity index is 508. The Hall–Kier alpha value is -1.25. The van der Waals surface area contributed by atoms with Gasteiger partial charge in [-0.25, -0.2) is 13.9 Å². The average Bonchev–Trinajstić information content (AvgIpc) is 2.12. The molecule has 0 atom stereocenters. The Balaban J connectivity index is 0.000000344. The highest BCUT2D eigenvalue weighted by atomic mass is 31.3. The van der Waals surface area contributed by atoms with Gasteiger partial charge in [0.1, 0.15) is 11.3 Å². The van der Waals surface area contributed by atoms with Gasteiger partial charge in [-0.1, -0.05) is 12.1 Å². The minimum atomic E-state index is -5.05. The number of carbonyl (C=O) groups is 1. The number of para-hydroxylation sites is 1. The zero-order valence-electron chi connectivity index (χ0n) is 9.02. The lowest BCUT2D eigenvalue weighted by molar-refractivity contribution is 0.0693. The van der Waals surface area contributed by atoms with E-state index in [9.17, 15) is 13.9 Å². The van der Waals surface area contributed by atoms with E-state index in [-0.39, 0.29) is 11.3 Å². The predicted octanol–water partition coefficient (Wildman–Crippen LogP) is 0.279. The molecule has 0 saturated carbocycles. The summed E-state index contributed by atoms with van der Waals surface area (Å²) in [4.78, 5) is 41.3. The van der Waals surface area contributed by atoms with Gasteiger partial charge in [-0.2, -0.15) is 4.31 Å². The summed E-state index contributed by atoms with van der Waals surface area (Å²) >= 11 is 0. The lowest BCUT2D eigenvalue weighted by Crippen LogP contribution is -1.95. The SMILES string of the molecule is O=C(O)c1ccccc1O.O=P(O)(O)OP(=O)(O)O. The topological polar surface area (TPSA) is 182 Å². The molecule has 12 heteroatoms. The summed E-state index contributed by atoms with van der Waals surface area (Å²) in [5.41, 5.74) is -0.0671. The van der Waals surface area contributed by atoms with Gasteiger partial charge in [-0.05, 0) is 12.1 Å². The van der Waals surface area contributed by atoms with E-state index < -0.39 is 21.6 Å². The zero-order chi connectivity index (χ0) is 15.3. The molecular formula is C7H10O10P2. The first kappa shape index (κ1) is 17.8. The summed E-state index contributed by atoms with van der Waals surface area (Å²) in [6, 6.07) is 5.81. The highest BCUT2D eigenvalue weighted by Crippen LogP contribution is 2.53. The van der Waals surface area contributed by atoms with Gasteiger partial charge in [-0.3, -0.25) is 0 Å². The second-order valence-electron chi connectivity index (χ2n) is 2.89. The molecule has 10 nitrogen and oxygen atoms in total. The van der Waals surface area contributed by atoms with Gasteiger partial charge >= 0.3 is 21.6 Å². The van der Waals surface area contributed by atoms with E-state index in [4.69, 9.17) is 29.8 Å². The van der Waals surface area contributed by atoms with E-state index in [1.807, 2.05) is 0 Å². The maximum Gasteiger partial charge on any atom is 0.478 e. The first-order valence-corrected chi connectivity index (χ1v) is 7.32. The van der Waals surface area contributed by atoms with E-state index in [2.05, 4.69) is 4.31 Å². The van der Waals surface area contributed by atoms with Crippen LogP contribution in [-0.4, -0.2) is 35.8 Å². The van der Waals surface area contributed by atoms with Crippen LogP contribution in [0.2, 0.25) is 0 Å². The number of phenols is 1. The van der Waals surface area contributed by atoms with E-state index in [0.29, 0.717) is 0 Å². The maximum atomic E-state index is 10.3. The van der Waals surface area contributed by atoms with Gasteiger partial charge in [0.2, 0.25) is 0 Å². The van der Waals surface area contributed by atoms with E-state index in [1.54, 1.807) is 12.1 Å². The molecule has 0 spiro atoms. The standard InChI is InChI=1S/C7H6O3.H4O7P2/c8-6-4-2-1-3-5(6)7(9)10;1-8(2,3)7-9(4,5)6/h1-4,8H,(H,9,10);(H2,1,2,3)(H2,4,5,6). The Morgan fingerprint density at radius 3 is 1.63 bits per heavy atom. The molecule has 0 aromatic heterocycles. The van der Waals surface area contributed by atoms with Gasteiger partial charge in [0, 0.05) is 0 Å². The Morgan fingerprint density at radius 2 is 1.42 bits per heavy atom. The highest BCUT2D eigenvalue weighted by molar-refractivity contribution is 7.60. The van der Waals surface area contributed by atoms with Crippen LogP contribution in [-0.2, 0) is 13.4 Å². The Kier molecular flexibility index (Phi) is 6.34. The van der Waals surface area contributed by atoms with Crippen molar-refractivity contribution in [1.29, 1.82) is 0 Å². The minimum Gasteiger partial charge on any atom is -0.507 e. The van der Waals surface area contributed by atoms with Crippen molar-refractivity contribution in [3.05, 3.63) is 29.8 Å². The smallest absolute Gasteiger partial charge is 0.478 e. The molecule has 1 aromatic rings. The molecule has 0 unspecified atom stereocenters. The van der Waals surface area contributed by atoms with Crippen molar-refractivity contribution in [1.82, 2.24) is 0 Å². The first-order chi connectivity index (χ1) is 8.42. The van der Waals surface area contributed by atoms with Crippen LogP contribution in [0.25, 0.3) is 0 Å². The molecular weight excluding hydrogens is 306 g/mol. The number of hydrogen-bond acceptors (Lipinski definition) is 5. The number of carboxylic acid groups (broad SMARTS) is 1. The molecule has 108 valence electrons. The molecule has 0 aliphatic rings. The number of hydrogen-bond donors (Lipinski definition) is 6. The van der Waals surface area contributed by atoms with Crippen molar-refractivity contribution in [2.45, 2.75) is 0 Å². The highest BCUT2D eigenvalue weighted by Gasteiger charge is 2.27. The van der Waals surface area contributed by atoms with Crippen molar-refractivity contribution >= 4 is 21.6 Å². The second-order valence-corrected chi connectivity index (χ2v) is 5.50. The van der Waals surface area contributed by atoms with Crippen LogP contribution in [0.3, 0.4) is 0 Å². The molecule has 0 bridgehead atoms. The van der Waals surface area contributed by atoms with Crippen molar-refractivity contribution in [2.24, 2.45) is 0 Å². The number of aromatic carboxylic acids is 1. The van der Waals surface area contributed by atoms with Crippen LogP contribution >= 0.6 is 15.6 Å². The molecule has 0 saturated heterocycles. The summed E-state index contributed by atoms with van der Waals surface area (Å²) in [5.74, 6) is -1.31. The van der Waals surface area contributed by atoms with E-state index >= 15 is 0 Å². The summed E-state index contributed by atoms with van der Waals surface area (Å²) in [7, 11) is -10.1. The maximum absolute atomic E-state index is 10.3. The molecule has 6 N–H and O–H groups in total. The summed E-state index contributed by atoms with van der Waals surface area (Å²) in [6.45, 7) is 0. The normalized spacial score (nSPS) is 11.4. The van der Waals surface area contributed by atoms with Crippen molar-refractivity contribution in [3.63, 3.8) is 0 Å². The third-order valence-corrected chi connectivity index (χ3v) is 3.05. The van der Waals surface area contributed by atoms with Crippen LogP contribution in [0, 0.1) is 0 Å². The molecule has 1 aromatic carbocycles. The van der Waals surface area contributed by atoms with E-state index in [0.717, 1.165) is 0 Å². The van der Waals surface area contributed by atoms with Gasteiger partial charge in [0.15, 0.2) is 0 Å². The van der Waals surface area contributed by atoms with Crippen LogP contribution in [0.4, 0.5) is 0 Å². The molecule has 1 rings (SSSR count). The lowest BCUT2D eigenvalue weighted by atomic mass is 10.2. The number of carboxylic acids is 1. The molecule has 19 heavy (non-hydrogen) atoms. The van der Waals surface area contributed by atoms with Crippen LogP contribution < -0.4 is 0 Å². The largest absolute Gasteiger partial charge is 0.507 e. The van der Waals surface area contributed by atoms with Crippen LogP contribution in [0.1, 0.15) is 10.4 Å². The number of aromatic hydroxyl groups is 1. The van der Waals surface area contributed by atoms with Gasteiger partial charge < -0.3 is 29.8 Å². The third kappa shape index (κ3) is 9.34. The van der Waals surface area contributed by atoms with Gasteiger partial charge in [0.25, 0.3) is 0 Å². The van der Waals surface area contributed by atoms with Gasteiger partial charge in [-0.15, -0.1) is 0 Å². The summed E-state index contributed by atoms with van der Waals surface area (Å²) < 4.78 is 22.2. The van der Waals surface area contributed by atoms with Crippen LogP contribution in [0.5, 0.6) is 5.75 Å². The predicted molar refractivity (Wildman–Crippen MR) is 60.2 cm³/mol. The molecule has 0 radical (unpaired) electrons.